The van der Waals surface area contributed by atoms with Gasteiger partial charge >= 0.3 is 0 Å². The first kappa shape index (κ1) is 13.2. The molecule has 1 aliphatic heterocycles. The van der Waals surface area contributed by atoms with E-state index in [0.29, 0.717) is 6.04 Å². The van der Waals surface area contributed by atoms with Crippen LogP contribution >= 0.6 is 0 Å². The normalized spacial score (nSPS) is 16.4. The zero-order chi connectivity index (χ0) is 13.1. The van der Waals surface area contributed by atoms with Gasteiger partial charge in [0.15, 0.2) is 0 Å². The first-order valence-electron chi connectivity index (χ1n) is 6.29. The van der Waals surface area contributed by atoms with Crippen molar-refractivity contribution in [1.29, 1.82) is 0 Å². The fourth-order valence-electron chi connectivity index (χ4n) is 2.04. The van der Waals surface area contributed by atoms with Crippen molar-refractivity contribution in [2.24, 2.45) is 0 Å². The largest absolute Gasteiger partial charge is 0.353 e. The maximum Gasteiger partial charge on any atom is 0.214 e. The summed E-state index contributed by atoms with van der Waals surface area (Å²) < 4.78 is 13.0. The number of nitrogens with zero attached hydrogens (tertiary/aromatic N) is 4. The Bertz CT molecular complexity index is 390. The van der Waals surface area contributed by atoms with Gasteiger partial charge in [-0.1, -0.05) is 6.07 Å². The maximum atomic E-state index is 13.0. The molecule has 18 heavy (non-hydrogen) atoms. The predicted octanol–water partition coefficient (Wildman–Crippen LogP) is 0.903. The minimum atomic E-state index is -0.406. The fraction of sp³-hybridized carbons (Fsp3) is 0.615. The molecular weight excluding hydrogens is 231 g/mol. The summed E-state index contributed by atoms with van der Waals surface area (Å²) in [6.07, 6.45) is 0. The van der Waals surface area contributed by atoms with Gasteiger partial charge in [-0.2, -0.15) is 4.39 Å². The summed E-state index contributed by atoms with van der Waals surface area (Å²) in [7, 11) is 6.31. The zero-order valence-electron chi connectivity index (χ0n) is 11.3. The van der Waals surface area contributed by atoms with Crippen LogP contribution in [0.3, 0.4) is 0 Å². The molecule has 1 aliphatic rings. The van der Waals surface area contributed by atoms with Crippen molar-refractivity contribution in [1.82, 2.24) is 14.8 Å². The van der Waals surface area contributed by atoms with Crippen molar-refractivity contribution in [2.75, 3.05) is 52.2 Å². The van der Waals surface area contributed by atoms with Crippen molar-refractivity contribution >= 4 is 5.82 Å². The molecule has 0 aliphatic carbocycles. The summed E-state index contributed by atoms with van der Waals surface area (Å²) in [6.45, 7) is 3.98. The average Bonchev–Trinajstić information content (AvgIpc) is 2.24. The van der Waals surface area contributed by atoms with Gasteiger partial charge in [0.05, 0.1) is 0 Å². The van der Waals surface area contributed by atoms with Crippen LogP contribution in [0.1, 0.15) is 0 Å². The molecular formula is C13H21FN4. The van der Waals surface area contributed by atoms with E-state index in [1.165, 1.54) is 6.07 Å². The number of aromatic nitrogens is 1. The van der Waals surface area contributed by atoms with E-state index >= 15 is 0 Å². The summed E-state index contributed by atoms with van der Waals surface area (Å²) in [5, 5.41) is 0. The highest BCUT2D eigenvalue weighted by Crippen LogP contribution is 2.21. The monoisotopic (exact) mass is 252 g/mol. The summed E-state index contributed by atoms with van der Waals surface area (Å²) in [6, 6.07) is 5.50. The van der Waals surface area contributed by atoms with E-state index in [1.54, 1.807) is 6.07 Å². The second kappa shape index (κ2) is 5.63. The number of likely N-dealkylation sites (N-methyl/N-ethyl adjacent to an activating group) is 2. The van der Waals surface area contributed by atoms with Crippen molar-refractivity contribution in [3.05, 3.63) is 24.1 Å². The first-order chi connectivity index (χ1) is 8.56. The number of pyridine rings is 1. The lowest BCUT2D eigenvalue weighted by molar-refractivity contribution is 0.187. The maximum absolute atomic E-state index is 13.0. The third kappa shape index (κ3) is 3.17. The third-order valence-electron chi connectivity index (χ3n) is 3.41. The molecule has 0 amide bonds. The smallest absolute Gasteiger partial charge is 0.214 e. The lowest BCUT2D eigenvalue weighted by Gasteiger charge is -2.45. The third-order valence-corrected chi connectivity index (χ3v) is 3.41. The van der Waals surface area contributed by atoms with Gasteiger partial charge in [-0.05, 0) is 33.3 Å². The summed E-state index contributed by atoms with van der Waals surface area (Å²) in [4.78, 5) is 10.5. The Morgan fingerprint density at radius 3 is 2.61 bits per heavy atom. The van der Waals surface area contributed by atoms with Crippen molar-refractivity contribution in [2.45, 2.75) is 6.04 Å². The molecule has 0 bridgehead atoms. The molecule has 2 heterocycles. The molecule has 100 valence electrons. The van der Waals surface area contributed by atoms with Crippen molar-refractivity contribution < 1.29 is 4.39 Å². The number of hydrogen-bond donors (Lipinski definition) is 0. The van der Waals surface area contributed by atoms with Gasteiger partial charge in [0.25, 0.3) is 0 Å². The average molecular weight is 252 g/mol. The topological polar surface area (TPSA) is 22.6 Å². The molecule has 1 aromatic heterocycles. The van der Waals surface area contributed by atoms with Crippen molar-refractivity contribution in [3.8, 4) is 0 Å². The Labute approximate surface area is 108 Å². The van der Waals surface area contributed by atoms with Crippen LogP contribution in [0.4, 0.5) is 10.2 Å². The molecule has 1 fully saturated rings. The Balaban J connectivity index is 1.79. The predicted molar refractivity (Wildman–Crippen MR) is 71.4 cm³/mol. The Morgan fingerprint density at radius 2 is 2.00 bits per heavy atom. The van der Waals surface area contributed by atoms with Gasteiger partial charge in [0.2, 0.25) is 5.95 Å². The molecule has 0 unspecified atom stereocenters. The second-order valence-electron chi connectivity index (χ2n) is 5.16. The molecule has 1 aromatic rings. The van der Waals surface area contributed by atoms with Crippen molar-refractivity contribution in [3.63, 3.8) is 0 Å². The van der Waals surface area contributed by atoms with E-state index in [2.05, 4.69) is 40.8 Å². The summed E-state index contributed by atoms with van der Waals surface area (Å²) in [5.74, 6) is 0.337. The quantitative estimate of drug-likeness (QED) is 0.726. The van der Waals surface area contributed by atoms with Crippen LogP contribution in [-0.4, -0.2) is 68.1 Å². The molecule has 2 rings (SSSR count). The van der Waals surface area contributed by atoms with Crippen LogP contribution in [0.25, 0.3) is 0 Å². The lowest BCUT2D eigenvalue weighted by Crippen LogP contribution is -2.59. The minimum Gasteiger partial charge on any atom is -0.353 e. The fourth-order valence-corrected chi connectivity index (χ4v) is 2.04. The van der Waals surface area contributed by atoms with E-state index in [4.69, 9.17) is 0 Å². The standard InChI is InChI=1S/C13H21FN4/c1-16(2)7-8-17(3)11-9-18(10-11)13-6-4-5-12(14)15-13/h4-6,11H,7-10H2,1-3H3. The molecule has 0 aromatic carbocycles. The van der Waals surface area contributed by atoms with Gasteiger partial charge in [-0.3, -0.25) is 4.90 Å². The van der Waals surface area contributed by atoms with Crippen LogP contribution in [0.2, 0.25) is 0 Å². The van der Waals surface area contributed by atoms with Gasteiger partial charge in [0.1, 0.15) is 5.82 Å². The van der Waals surface area contributed by atoms with E-state index < -0.39 is 5.95 Å². The molecule has 0 radical (unpaired) electrons. The minimum absolute atomic E-state index is 0.406. The lowest BCUT2D eigenvalue weighted by atomic mass is 10.1. The van der Waals surface area contributed by atoms with E-state index in [0.717, 1.165) is 32.0 Å². The molecule has 5 heteroatoms. The number of anilines is 1. The Morgan fingerprint density at radius 1 is 1.28 bits per heavy atom. The van der Waals surface area contributed by atoms with Gasteiger partial charge in [0, 0.05) is 32.2 Å². The number of rotatable bonds is 5. The molecule has 0 spiro atoms. The number of hydrogen-bond acceptors (Lipinski definition) is 4. The molecule has 0 saturated carbocycles. The Kier molecular flexibility index (Phi) is 4.14. The molecule has 1 saturated heterocycles. The van der Waals surface area contributed by atoms with Crippen LogP contribution in [0.5, 0.6) is 0 Å². The van der Waals surface area contributed by atoms with Gasteiger partial charge < -0.3 is 9.80 Å². The van der Waals surface area contributed by atoms with Gasteiger partial charge in [-0.15, -0.1) is 0 Å². The molecule has 0 N–H and O–H groups in total. The van der Waals surface area contributed by atoms with Crippen LogP contribution in [0, 0.1) is 5.95 Å². The highest BCUT2D eigenvalue weighted by Gasteiger charge is 2.30. The van der Waals surface area contributed by atoms with Crippen LogP contribution < -0.4 is 4.90 Å². The summed E-state index contributed by atoms with van der Waals surface area (Å²) >= 11 is 0. The van der Waals surface area contributed by atoms with Crippen LogP contribution in [-0.2, 0) is 0 Å². The molecule has 4 nitrogen and oxygen atoms in total. The van der Waals surface area contributed by atoms with E-state index in [9.17, 15) is 4.39 Å². The first-order valence-corrected chi connectivity index (χ1v) is 6.29. The van der Waals surface area contributed by atoms with E-state index in [1.807, 2.05) is 6.07 Å². The SMILES string of the molecule is CN(C)CCN(C)C1CN(c2cccc(F)n2)C1. The Hall–Kier alpha value is -1.20. The molecule has 0 atom stereocenters. The second-order valence-corrected chi connectivity index (χ2v) is 5.16. The zero-order valence-corrected chi connectivity index (χ0v) is 11.3. The highest BCUT2D eigenvalue weighted by molar-refractivity contribution is 5.42. The van der Waals surface area contributed by atoms with Gasteiger partial charge in [-0.25, -0.2) is 4.98 Å². The van der Waals surface area contributed by atoms with Crippen LogP contribution in [0.15, 0.2) is 18.2 Å². The summed E-state index contributed by atoms with van der Waals surface area (Å²) in [5.41, 5.74) is 0. The number of halogens is 1. The highest BCUT2D eigenvalue weighted by atomic mass is 19.1. The van der Waals surface area contributed by atoms with E-state index in [-0.39, 0.29) is 0 Å².